The molecule has 0 bridgehead atoms. The molecule has 0 unspecified atom stereocenters. The van der Waals surface area contributed by atoms with Crippen LogP contribution in [0.15, 0.2) is 0 Å². The second-order valence-corrected chi connectivity index (χ2v) is 3.76. The van der Waals surface area contributed by atoms with Crippen LogP contribution in [0, 0.1) is 0 Å². The maximum absolute atomic E-state index is 10.3. The first kappa shape index (κ1) is 14.6. The van der Waals surface area contributed by atoms with Crippen LogP contribution < -0.4 is 0 Å². The number of carbonyl (C=O) groups excluding carboxylic acids is 2. The van der Waals surface area contributed by atoms with Crippen LogP contribution in [0.3, 0.4) is 0 Å². The lowest BCUT2D eigenvalue weighted by molar-refractivity contribution is -0.120. The predicted octanol–water partition coefficient (Wildman–Crippen LogP) is 0.441. The smallest absolute Gasteiger partial charge is 0.209 e. The van der Waals surface area contributed by atoms with Gasteiger partial charge in [-0.1, -0.05) is 0 Å². The molecule has 1 N–H and O–H groups in total. The highest BCUT2D eigenvalue weighted by Crippen LogP contribution is 2.06. The van der Waals surface area contributed by atoms with Crippen LogP contribution in [0.4, 0.5) is 0 Å². The summed E-state index contributed by atoms with van der Waals surface area (Å²) in [7, 11) is 3.38. The highest BCUT2D eigenvalue weighted by atomic mass is 16.3. The van der Waals surface area contributed by atoms with Gasteiger partial charge in [0.15, 0.2) is 0 Å². The summed E-state index contributed by atoms with van der Waals surface area (Å²) in [5.74, 6) is 0.0255. The standard InChI is InChI=1S/C6H12O2.C3H7NO/c1-5(7)4-6(2,3)8;1-4(2)3-5/h8H,4H2,1-3H3;3H,1-2H3. The molecule has 0 rings (SSSR count). The molecule has 0 aromatic carbocycles. The Balaban J connectivity index is 0. The number of rotatable bonds is 3. The monoisotopic (exact) mass is 189 g/mol. The van der Waals surface area contributed by atoms with E-state index >= 15 is 0 Å². The van der Waals surface area contributed by atoms with Gasteiger partial charge >= 0.3 is 0 Å². The van der Waals surface area contributed by atoms with Crippen LogP contribution in [0.25, 0.3) is 0 Å². The summed E-state index contributed by atoms with van der Waals surface area (Å²) in [6.07, 6.45) is 0.993. The fourth-order valence-corrected chi connectivity index (χ4v) is 0.609. The molecular formula is C9H19NO3. The van der Waals surface area contributed by atoms with Gasteiger partial charge in [-0.25, -0.2) is 0 Å². The minimum absolute atomic E-state index is 0.0255. The first-order valence-electron chi connectivity index (χ1n) is 4.02. The maximum Gasteiger partial charge on any atom is 0.209 e. The van der Waals surface area contributed by atoms with E-state index in [4.69, 9.17) is 5.11 Å². The predicted molar refractivity (Wildman–Crippen MR) is 51.3 cm³/mol. The molecule has 4 heteroatoms. The van der Waals surface area contributed by atoms with Crippen molar-refractivity contribution < 1.29 is 14.7 Å². The van der Waals surface area contributed by atoms with Gasteiger partial charge in [0.1, 0.15) is 5.78 Å². The molecule has 4 nitrogen and oxygen atoms in total. The van der Waals surface area contributed by atoms with Crippen molar-refractivity contribution in [3.8, 4) is 0 Å². The van der Waals surface area contributed by atoms with Crippen molar-refractivity contribution in [2.75, 3.05) is 14.1 Å². The SMILES string of the molecule is CC(=O)CC(C)(C)O.CN(C)C=O. The normalized spacial score (nSPS) is 9.69. The van der Waals surface area contributed by atoms with Crippen molar-refractivity contribution in [1.29, 1.82) is 0 Å². The summed E-state index contributed by atoms with van der Waals surface area (Å²) in [6.45, 7) is 4.71. The average molecular weight is 189 g/mol. The van der Waals surface area contributed by atoms with Crippen molar-refractivity contribution in [3.05, 3.63) is 0 Å². The Morgan fingerprint density at radius 2 is 1.77 bits per heavy atom. The van der Waals surface area contributed by atoms with E-state index in [1.165, 1.54) is 11.8 Å². The molecule has 0 fully saturated rings. The molecule has 0 aliphatic rings. The first-order chi connectivity index (χ1) is 5.69. The summed E-state index contributed by atoms with van der Waals surface area (Å²) >= 11 is 0. The number of hydrogen-bond acceptors (Lipinski definition) is 3. The third-order valence-electron chi connectivity index (χ3n) is 0.892. The lowest BCUT2D eigenvalue weighted by Crippen LogP contribution is -2.21. The summed E-state index contributed by atoms with van der Waals surface area (Å²) in [5.41, 5.74) is -0.828. The summed E-state index contributed by atoms with van der Waals surface area (Å²) in [6, 6.07) is 0. The Hall–Kier alpha value is -0.900. The maximum atomic E-state index is 10.3. The Labute approximate surface area is 79.5 Å². The van der Waals surface area contributed by atoms with Crippen LogP contribution in [-0.4, -0.2) is 41.9 Å². The molecular weight excluding hydrogens is 170 g/mol. The first-order valence-corrected chi connectivity index (χ1v) is 4.02. The van der Waals surface area contributed by atoms with Crippen LogP contribution in [0.1, 0.15) is 27.2 Å². The third-order valence-corrected chi connectivity index (χ3v) is 0.892. The molecule has 0 saturated carbocycles. The number of ketones is 1. The fraction of sp³-hybridized carbons (Fsp3) is 0.778. The van der Waals surface area contributed by atoms with E-state index in [1.807, 2.05) is 0 Å². The molecule has 0 atom stereocenters. The van der Waals surface area contributed by atoms with E-state index in [2.05, 4.69) is 0 Å². The number of Topliss-reactive ketones (excluding diaryl/α,β-unsaturated/α-hetero) is 1. The molecule has 0 heterocycles. The van der Waals surface area contributed by atoms with Crippen LogP contribution >= 0.6 is 0 Å². The van der Waals surface area contributed by atoms with Gasteiger partial charge in [0.25, 0.3) is 0 Å². The van der Waals surface area contributed by atoms with Crippen molar-refractivity contribution >= 4 is 12.2 Å². The van der Waals surface area contributed by atoms with Gasteiger partial charge in [-0.05, 0) is 20.8 Å². The minimum Gasteiger partial charge on any atom is -0.390 e. The Bertz CT molecular complexity index is 159. The van der Waals surface area contributed by atoms with E-state index in [0.717, 1.165) is 6.41 Å². The highest BCUT2D eigenvalue weighted by Gasteiger charge is 2.13. The molecule has 78 valence electrons. The van der Waals surface area contributed by atoms with Gasteiger partial charge in [-0.3, -0.25) is 9.59 Å². The molecule has 0 spiro atoms. The molecule has 0 aliphatic carbocycles. The van der Waals surface area contributed by atoms with E-state index in [9.17, 15) is 9.59 Å². The number of nitrogens with zero attached hydrogens (tertiary/aromatic N) is 1. The van der Waals surface area contributed by atoms with Gasteiger partial charge in [0.2, 0.25) is 6.41 Å². The lowest BCUT2D eigenvalue weighted by atomic mass is 10.0. The van der Waals surface area contributed by atoms with Gasteiger partial charge in [-0.2, -0.15) is 0 Å². The van der Waals surface area contributed by atoms with Gasteiger partial charge in [0, 0.05) is 20.5 Å². The number of carbonyl (C=O) groups is 2. The van der Waals surface area contributed by atoms with Crippen LogP contribution in [-0.2, 0) is 9.59 Å². The molecule has 0 saturated heterocycles. The van der Waals surface area contributed by atoms with Crippen LogP contribution in [0.2, 0.25) is 0 Å². The fourth-order valence-electron chi connectivity index (χ4n) is 0.609. The quantitative estimate of drug-likeness (QED) is 0.655. The molecule has 1 amide bonds. The largest absolute Gasteiger partial charge is 0.390 e. The number of aliphatic hydroxyl groups is 1. The molecule has 13 heavy (non-hydrogen) atoms. The zero-order chi connectivity index (χ0) is 11.1. The van der Waals surface area contributed by atoms with Gasteiger partial charge in [0.05, 0.1) is 5.60 Å². The van der Waals surface area contributed by atoms with Crippen molar-refractivity contribution in [3.63, 3.8) is 0 Å². The van der Waals surface area contributed by atoms with E-state index in [0.29, 0.717) is 0 Å². The highest BCUT2D eigenvalue weighted by molar-refractivity contribution is 5.76. The summed E-state index contributed by atoms with van der Waals surface area (Å²) < 4.78 is 0. The molecule has 0 aromatic rings. The van der Waals surface area contributed by atoms with Crippen molar-refractivity contribution in [1.82, 2.24) is 4.90 Å². The molecule has 0 radical (unpaired) electrons. The Morgan fingerprint density at radius 1 is 1.46 bits per heavy atom. The lowest BCUT2D eigenvalue weighted by Gasteiger charge is -2.13. The number of amides is 1. The minimum atomic E-state index is -0.828. The van der Waals surface area contributed by atoms with Gasteiger partial charge in [-0.15, -0.1) is 0 Å². The van der Waals surface area contributed by atoms with Crippen LogP contribution in [0.5, 0.6) is 0 Å². The molecule has 0 aromatic heterocycles. The second-order valence-electron chi connectivity index (χ2n) is 3.76. The Morgan fingerprint density at radius 3 is 1.77 bits per heavy atom. The summed E-state index contributed by atoms with van der Waals surface area (Å²) in [4.78, 5) is 21.2. The average Bonchev–Trinajstić information content (AvgIpc) is 1.83. The van der Waals surface area contributed by atoms with E-state index in [-0.39, 0.29) is 12.2 Å². The van der Waals surface area contributed by atoms with Crippen molar-refractivity contribution in [2.24, 2.45) is 0 Å². The van der Waals surface area contributed by atoms with Crippen molar-refractivity contribution in [2.45, 2.75) is 32.8 Å². The van der Waals surface area contributed by atoms with E-state index < -0.39 is 5.60 Å². The Kier molecular flexibility index (Phi) is 7.42. The van der Waals surface area contributed by atoms with E-state index in [1.54, 1.807) is 27.9 Å². The second kappa shape index (κ2) is 6.60. The molecule has 0 aliphatic heterocycles. The topological polar surface area (TPSA) is 57.6 Å². The number of hydrogen-bond donors (Lipinski definition) is 1. The third kappa shape index (κ3) is 24.7. The zero-order valence-electron chi connectivity index (χ0n) is 9.00. The zero-order valence-corrected chi connectivity index (χ0v) is 9.00. The summed E-state index contributed by atoms with van der Waals surface area (Å²) in [5, 5.41) is 8.97. The van der Waals surface area contributed by atoms with Gasteiger partial charge < -0.3 is 10.0 Å².